The average molecular weight is 243 g/mol. The summed E-state index contributed by atoms with van der Waals surface area (Å²) in [4.78, 5) is 14.0. The van der Waals surface area contributed by atoms with Crippen molar-refractivity contribution >= 4 is 46.5 Å². The lowest BCUT2D eigenvalue weighted by molar-refractivity contribution is -0.114. The van der Waals surface area contributed by atoms with E-state index in [0.29, 0.717) is 21.8 Å². The molecule has 2 rings (SSSR count). The van der Waals surface area contributed by atoms with Crippen molar-refractivity contribution in [3.63, 3.8) is 0 Å². The maximum absolute atomic E-state index is 10.9. The molecule has 1 heterocycles. The Morgan fingerprint density at radius 1 is 1.60 bits per heavy atom. The molecular formula is C9H7ClN2O2S. The number of fused-ring (bicyclic) bond motifs is 1. The van der Waals surface area contributed by atoms with Gasteiger partial charge in [-0.15, -0.1) is 0 Å². The summed E-state index contributed by atoms with van der Waals surface area (Å²) in [5.74, 6) is -0.194. The molecule has 0 atom stereocenters. The molecule has 0 saturated carbocycles. The summed E-state index contributed by atoms with van der Waals surface area (Å²) in [6.45, 7) is 1.41. The van der Waals surface area contributed by atoms with Gasteiger partial charge in [0, 0.05) is 11.9 Å². The Balaban J connectivity index is 2.70. The second-order valence-corrected chi connectivity index (χ2v) is 3.83. The number of hydrogen-bond donors (Lipinski definition) is 2. The van der Waals surface area contributed by atoms with E-state index in [1.165, 1.54) is 6.92 Å². The normalized spacial score (nSPS) is 10.5. The highest BCUT2D eigenvalue weighted by Crippen LogP contribution is 2.27. The molecule has 4 nitrogen and oxygen atoms in total. The first-order chi connectivity index (χ1) is 7.06. The van der Waals surface area contributed by atoms with Crippen molar-refractivity contribution in [1.29, 1.82) is 0 Å². The molecule has 1 amide bonds. The van der Waals surface area contributed by atoms with Crippen molar-refractivity contribution in [2.24, 2.45) is 0 Å². The number of benzene rings is 1. The number of halogens is 1. The lowest BCUT2D eigenvalue weighted by atomic mass is 10.3. The first-order valence-corrected chi connectivity index (χ1v) is 4.95. The number of rotatable bonds is 1. The van der Waals surface area contributed by atoms with Gasteiger partial charge in [0.25, 0.3) is 4.84 Å². The number of H-pyrrole nitrogens is 1. The van der Waals surface area contributed by atoms with E-state index in [9.17, 15) is 4.79 Å². The van der Waals surface area contributed by atoms with Gasteiger partial charge in [-0.2, -0.15) is 0 Å². The Morgan fingerprint density at radius 3 is 3.00 bits per heavy atom. The minimum absolute atomic E-state index is 0.194. The predicted octanol–water partition coefficient (Wildman–Crippen LogP) is 3.10. The van der Waals surface area contributed by atoms with Crippen LogP contribution in [-0.4, -0.2) is 10.9 Å². The van der Waals surface area contributed by atoms with E-state index in [2.05, 4.69) is 10.3 Å². The molecule has 0 aliphatic carbocycles. The summed E-state index contributed by atoms with van der Waals surface area (Å²) in [7, 11) is 0. The van der Waals surface area contributed by atoms with Crippen molar-refractivity contribution in [3.05, 3.63) is 22.0 Å². The summed E-state index contributed by atoms with van der Waals surface area (Å²) in [6.07, 6.45) is 0. The van der Waals surface area contributed by atoms with E-state index in [1.807, 2.05) is 0 Å². The average Bonchev–Trinajstić information content (AvgIpc) is 2.44. The monoisotopic (exact) mass is 242 g/mol. The highest BCUT2D eigenvalue weighted by atomic mass is 35.5. The van der Waals surface area contributed by atoms with Crippen molar-refractivity contribution in [2.75, 3.05) is 5.32 Å². The Labute approximate surface area is 95.2 Å². The molecule has 0 aliphatic rings. The zero-order valence-electron chi connectivity index (χ0n) is 7.76. The van der Waals surface area contributed by atoms with Gasteiger partial charge >= 0.3 is 0 Å². The number of aromatic amines is 1. The standard InChI is InChI=1S/C9H7ClN2O2S/c1-4(13)11-6-2-5(10)3-7-8(6)14-9(15)12-7/h2-3H,1H3,(H,11,13)(H,12,15). The van der Waals surface area contributed by atoms with Crippen molar-refractivity contribution in [2.45, 2.75) is 6.92 Å². The van der Waals surface area contributed by atoms with Crippen molar-refractivity contribution in [3.8, 4) is 0 Å². The molecule has 1 aromatic heterocycles. The van der Waals surface area contributed by atoms with Crippen LogP contribution in [0, 0.1) is 4.84 Å². The summed E-state index contributed by atoms with van der Waals surface area (Å²) in [6, 6.07) is 3.29. The van der Waals surface area contributed by atoms with Gasteiger partial charge in [0.05, 0.1) is 11.2 Å². The second-order valence-electron chi connectivity index (χ2n) is 3.03. The second kappa shape index (κ2) is 3.67. The molecule has 0 radical (unpaired) electrons. The Morgan fingerprint density at radius 2 is 2.33 bits per heavy atom. The van der Waals surface area contributed by atoms with Gasteiger partial charge in [0.1, 0.15) is 0 Å². The van der Waals surface area contributed by atoms with E-state index in [1.54, 1.807) is 12.1 Å². The molecule has 0 saturated heterocycles. The van der Waals surface area contributed by atoms with E-state index in [4.69, 9.17) is 28.2 Å². The molecule has 78 valence electrons. The molecule has 0 aliphatic heterocycles. The number of hydrogen-bond acceptors (Lipinski definition) is 3. The Bertz CT molecular complexity index is 587. The molecule has 0 fully saturated rings. The Hall–Kier alpha value is -1.33. The van der Waals surface area contributed by atoms with Crippen LogP contribution < -0.4 is 5.32 Å². The van der Waals surface area contributed by atoms with Gasteiger partial charge in [0.15, 0.2) is 5.58 Å². The molecular weight excluding hydrogens is 236 g/mol. The molecule has 2 aromatic rings. The number of nitrogens with one attached hydrogen (secondary N) is 2. The third-order valence-corrected chi connectivity index (χ3v) is 2.20. The largest absolute Gasteiger partial charge is 0.427 e. The quantitative estimate of drug-likeness (QED) is 0.756. The summed E-state index contributed by atoms with van der Waals surface area (Å²) in [5.41, 5.74) is 1.67. The highest BCUT2D eigenvalue weighted by molar-refractivity contribution is 7.71. The summed E-state index contributed by atoms with van der Waals surface area (Å²) < 4.78 is 5.24. The highest BCUT2D eigenvalue weighted by Gasteiger charge is 2.08. The lowest BCUT2D eigenvalue weighted by Crippen LogP contribution is -2.05. The SMILES string of the molecule is CC(=O)Nc1cc(Cl)cc2[nH]c(=S)oc12. The predicted molar refractivity (Wildman–Crippen MR) is 60.7 cm³/mol. The fourth-order valence-electron chi connectivity index (χ4n) is 1.31. The Kier molecular flexibility index (Phi) is 2.50. The van der Waals surface area contributed by atoms with Crippen LogP contribution in [-0.2, 0) is 4.79 Å². The van der Waals surface area contributed by atoms with Gasteiger partial charge < -0.3 is 14.7 Å². The maximum atomic E-state index is 10.9. The van der Waals surface area contributed by atoms with Crippen LogP contribution in [0.4, 0.5) is 5.69 Å². The molecule has 1 aromatic carbocycles. The smallest absolute Gasteiger partial charge is 0.266 e. The summed E-state index contributed by atoms with van der Waals surface area (Å²) >= 11 is 10.7. The molecule has 0 bridgehead atoms. The van der Waals surface area contributed by atoms with E-state index >= 15 is 0 Å². The van der Waals surface area contributed by atoms with Crippen LogP contribution in [0.3, 0.4) is 0 Å². The van der Waals surface area contributed by atoms with E-state index < -0.39 is 0 Å². The fourth-order valence-corrected chi connectivity index (χ4v) is 1.72. The van der Waals surface area contributed by atoms with Crippen LogP contribution in [0.2, 0.25) is 5.02 Å². The van der Waals surface area contributed by atoms with Gasteiger partial charge in [-0.25, -0.2) is 0 Å². The van der Waals surface area contributed by atoms with Crippen LogP contribution >= 0.6 is 23.8 Å². The molecule has 0 spiro atoms. The van der Waals surface area contributed by atoms with Crippen LogP contribution in [0.25, 0.3) is 11.1 Å². The lowest BCUT2D eigenvalue weighted by Gasteiger charge is -2.02. The number of carbonyl (C=O) groups is 1. The molecule has 15 heavy (non-hydrogen) atoms. The van der Waals surface area contributed by atoms with Crippen molar-refractivity contribution in [1.82, 2.24) is 4.98 Å². The zero-order valence-corrected chi connectivity index (χ0v) is 9.33. The summed E-state index contributed by atoms with van der Waals surface area (Å²) in [5, 5.41) is 3.12. The van der Waals surface area contributed by atoms with Gasteiger partial charge in [-0.05, 0) is 24.4 Å². The maximum Gasteiger partial charge on any atom is 0.266 e. The first-order valence-electron chi connectivity index (χ1n) is 4.16. The van der Waals surface area contributed by atoms with Crippen molar-refractivity contribution < 1.29 is 9.21 Å². The van der Waals surface area contributed by atoms with Crippen LogP contribution in [0.15, 0.2) is 16.5 Å². The minimum Gasteiger partial charge on any atom is -0.427 e. The first kappa shape index (κ1) is 10.2. The molecule has 0 unspecified atom stereocenters. The van der Waals surface area contributed by atoms with E-state index in [-0.39, 0.29) is 10.7 Å². The number of aromatic nitrogens is 1. The number of anilines is 1. The number of carbonyl (C=O) groups excluding carboxylic acids is 1. The topological polar surface area (TPSA) is 58.0 Å². The third-order valence-electron chi connectivity index (χ3n) is 1.80. The molecule has 6 heteroatoms. The third kappa shape index (κ3) is 2.03. The van der Waals surface area contributed by atoms with Crippen LogP contribution in [0.1, 0.15) is 6.92 Å². The van der Waals surface area contributed by atoms with Gasteiger partial charge in [0.2, 0.25) is 5.91 Å². The molecule has 2 N–H and O–H groups in total. The fraction of sp³-hybridized carbons (Fsp3) is 0.111. The van der Waals surface area contributed by atoms with Crippen LogP contribution in [0.5, 0.6) is 0 Å². The zero-order chi connectivity index (χ0) is 11.0. The van der Waals surface area contributed by atoms with Gasteiger partial charge in [-0.3, -0.25) is 4.79 Å². The number of amides is 1. The van der Waals surface area contributed by atoms with E-state index in [0.717, 1.165) is 0 Å². The van der Waals surface area contributed by atoms with Gasteiger partial charge in [-0.1, -0.05) is 11.6 Å². The minimum atomic E-state index is -0.194. The number of oxazole rings is 1.